The highest BCUT2D eigenvalue weighted by Crippen LogP contribution is 2.52. The lowest BCUT2D eigenvalue weighted by atomic mass is 9.85. The molecule has 0 spiro atoms. The maximum Gasteiger partial charge on any atom is 0.233 e. The van der Waals surface area contributed by atoms with Crippen LogP contribution in [0.2, 0.25) is 0 Å². The predicted molar refractivity (Wildman–Crippen MR) is 135 cm³/mol. The van der Waals surface area contributed by atoms with Crippen molar-refractivity contribution in [1.29, 1.82) is 0 Å². The topological polar surface area (TPSA) is 104 Å². The van der Waals surface area contributed by atoms with E-state index in [0.717, 1.165) is 37.3 Å². The largest absolute Gasteiger partial charge is 0.357 e. The average molecular weight is 563 g/mol. The fraction of sp³-hybridized carbons (Fsp3) is 0.522. The number of carbonyl (C=O) groups is 2. The zero-order valence-electron chi connectivity index (χ0n) is 18.7. The van der Waals surface area contributed by atoms with Gasteiger partial charge in [-0.1, -0.05) is 18.2 Å². The molecule has 0 radical (unpaired) electrons. The number of fused-ring (bicyclic) bond motifs is 6. The Labute approximate surface area is 210 Å². The van der Waals surface area contributed by atoms with Gasteiger partial charge in [-0.2, -0.15) is 0 Å². The molecule has 1 aliphatic heterocycles. The minimum absolute atomic E-state index is 0. The normalized spacial score (nSPS) is 25.6. The SMILES string of the molecule is CCNC(=NCCCc1nnc2ccccn12)NCCN1C(=O)C2C3C=CC(C3)C2C1=O.I. The Balaban J connectivity index is 0.00000259. The number of aryl methyl sites for hydroxylation is 1. The molecule has 0 aromatic carbocycles. The van der Waals surface area contributed by atoms with Crippen molar-refractivity contribution in [2.75, 3.05) is 26.2 Å². The molecule has 2 aromatic rings. The summed E-state index contributed by atoms with van der Waals surface area (Å²) >= 11 is 0. The van der Waals surface area contributed by atoms with Gasteiger partial charge >= 0.3 is 0 Å². The predicted octanol–water partition coefficient (Wildman–Crippen LogP) is 1.64. The molecule has 176 valence electrons. The third-order valence-electron chi connectivity index (χ3n) is 6.75. The number of allylic oxidation sites excluding steroid dienone is 2. The van der Waals surface area contributed by atoms with Crippen LogP contribution in [0.1, 0.15) is 25.6 Å². The number of aromatic nitrogens is 3. The van der Waals surface area contributed by atoms with Crippen LogP contribution in [0.25, 0.3) is 5.65 Å². The van der Waals surface area contributed by atoms with E-state index >= 15 is 0 Å². The number of aliphatic imine (C=N–C) groups is 1. The summed E-state index contributed by atoms with van der Waals surface area (Å²) in [6, 6.07) is 5.85. The quantitative estimate of drug-likeness (QED) is 0.127. The number of pyridine rings is 1. The van der Waals surface area contributed by atoms with Crippen LogP contribution in [0, 0.1) is 23.7 Å². The first-order valence-electron chi connectivity index (χ1n) is 11.5. The molecule has 5 rings (SSSR count). The molecule has 2 fully saturated rings. The van der Waals surface area contributed by atoms with Crippen molar-refractivity contribution >= 4 is 47.4 Å². The summed E-state index contributed by atoms with van der Waals surface area (Å²) in [6.45, 7) is 4.25. The molecule has 33 heavy (non-hydrogen) atoms. The summed E-state index contributed by atoms with van der Waals surface area (Å²) in [5.41, 5.74) is 0.847. The Morgan fingerprint density at radius 3 is 2.61 bits per heavy atom. The highest BCUT2D eigenvalue weighted by molar-refractivity contribution is 14.0. The Hall–Kier alpha value is -2.50. The lowest BCUT2D eigenvalue weighted by Crippen LogP contribution is -2.43. The zero-order valence-corrected chi connectivity index (χ0v) is 21.0. The smallest absolute Gasteiger partial charge is 0.233 e. The zero-order chi connectivity index (χ0) is 22.1. The number of hydrogen-bond donors (Lipinski definition) is 2. The third-order valence-corrected chi connectivity index (χ3v) is 6.75. The number of amides is 2. The lowest BCUT2D eigenvalue weighted by Gasteiger charge is -2.18. The Morgan fingerprint density at radius 1 is 1.12 bits per heavy atom. The second-order valence-corrected chi connectivity index (χ2v) is 8.66. The van der Waals surface area contributed by atoms with Gasteiger partial charge in [0, 0.05) is 38.8 Å². The summed E-state index contributed by atoms with van der Waals surface area (Å²) in [6.07, 6.45) is 8.80. The number of nitrogens with one attached hydrogen (secondary N) is 2. The number of guanidine groups is 1. The highest BCUT2D eigenvalue weighted by Gasteiger charge is 2.58. The third kappa shape index (κ3) is 4.49. The van der Waals surface area contributed by atoms with Gasteiger partial charge in [-0.15, -0.1) is 34.2 Å². The standard InChI is InChI=1S/C23H29N7O2.HI/c1-2-24-23(25-10-5-7-18-28-27-17-6-3-4-12-29(17)18)26-11-13-30-21(31)19-15-8-9-16(14-15)20(19)22(30)32;/h3-4,6,8-9,12,15-16,19-20H,2,5,7,10-11,13-14H2,1H3,(H2,24,25,26);1H. The number of imide groups is 1. The van der Waals surface area contributed by atoms with Crippen molar-refractivity contribution in [3.8, 4) is 0 Å². The van der Waals surface area contributed by atoms with Gasteiger partial charge in [0.2, 0.25) is 11.8 Å². The molecule has 2 N–H and O–H groups in total. The Morgan fingerprint density at radius 2 is 1.88 bits per heavy atom. The summed E-state index contributed by atoms with van der Waals surface area (Å²) < 4.78 is 1.99. The molecular weight excluding hydrogens is 533 g/mol. The van der Waals surface area contributed by atoms with Crippen molar-refractivity contribution in [2.45, 2.75) is 26.2 Å². The molecule has 10 heteroatoms. The van der Waals surface area contributed by atoms with Crippen molar-refractivity contribution in [3.05, 3.63) is 42.4 Å². The van der Waals surface area contributed by atoms with E-state index in [-0.39, 0.29) is 59.5 Å². The van der Waals surface area contributed by atoms with Gasteiger partial charge < -0.3 is 10.6 Å². The van der Waals surface area contributed by atoms with Gasteiger partial charge in [0.05, 0.1) is 11.8 Å². The van der Waals surface area contributed by atoms with E-state index in [1.807, 2.05) is 35.7 Å². The number of hydrogen-bond acceptors (Lipinski definition) is 5. The molecule has 3 heterocycles. The van der Waals surface area contributed by atoms with Crippen LogP contribution in [0.3, 0.4) is 0 Å². The lowest BCUT2D eigenvalue weighted by molar-refractivity contribution is -0.140. The number of rotatable bonds is 8. The van der Waals surface area contributed by atoms with Crippen molar-refractivity contribution in [2.24, 2.45) is 28.7 Å². The van der Waals surface area contributed by atoms with Crippen LogP contribution in [-0.2, 0) is 16.0 Å². The maximum atomic E-state index is 12.8. The van der Waals surface area contributed by atoms with Gasteiger partial charge in [-0.3, -0.25) is 23.9 Å². The molecular formula is C23H30IN7O2. The molecule has 2 aromatic heterocycles. The van der Waals surface area contributed by atoms with E-state index in [4.69, 9.17) is 0 Å². The number of halogens is 1. The molecule has 3 aliphatic rings. The maximum absolute atomic E-state index is 12.8. The highest BCUT2D eigenvalue weighted by atomic mass is 127. The molecule has 2 aliphatic carbocycles. The van der Waals surface area contributed by atoms with E-state index < -0.39 is 0 Å². The van der Waals surface area contributed by atoms with E-state index in [1.165, 1.54) is 4.90 Å². The van der Waals surface area contributed by atoms with E-state index in [2.05, 4.69) is 38.0 Å². The van der Waals surface area contributed by atoms with Crippen LogP contribution in [0.5, 0.6) is 0 Å². The van der Waals surface area contributed by atoms with E-state index in [1.54, 1.807) is 0 Å². The Kier molecular flexibility index (Phi) is 7.30. The average Bonchev–Trinajstić information content (AvgIpc) is 3.56. The molecule has 9 nitrogen and oxygen atoms in total. The van der Waals surface area contributed by atoms with E-state index in [0.29, 0.717) is 25.6 Å². The van der Waals surface area contributed by atoms with Crippen LogP contribution in [0.15, 0.2) is 41.5 Å². The fourth-order valence-corrected chi connectivity index (χ4v) is 5.30. The first kappa shape index (κ1) is 23.7. The monoisotopic (exact) mass is 563 g/mol. The molecule has 4 unspecified atom stereocenters. The minimum atomic E-state index is -0.132. The van der Waals surface area contributed by atoms with Crippen LogP contribution >= 0.6 is 24.0 Å². The summed E-state index contributed by atoms with van der Waals surface area (Å²) in [4.78, 5) is 31.7. The first-order chi connectivity index (χ1) is 15.7. The minimum Gasteiger partial charge on any atom is -0.357 e. The Bertz CT molecular complexity index is 1050. The number of nitrogens with zero attached hydrogens (tertiary/aromatic N) is 5. The van der Waals surface area contributed by atoms with Gasteiger partial charge in [0.25, 0.3) is 0 Å². The molecule has 2 bridgehead atoms. The van der Waals surface area contributed by atoms with Crippen LogP contribution in [-0.4, -0.2) is 63.5 Å². The van der Waals surface area contributed by atoms with Gasteiger partial charge in [0.15, 0.2) is 11.6 Å². The first-order valence-corrected chi connectivity index (χ1v) is 11.5. The van der Waals surface area contributed by atoms with Crippen molar-refractivity contribution in [1.82, 2.24) is 30.1 Å². The van der Waals surface area contributed by atoms with Crippen molar-refractivity contribution in [3.63, 3.8) is 0 Å². The van der Waals surface area contributed by atoms with Crippen LogP contribution < -0.4 is 10.6 Å². The molecule has 4 atom stereocenters. The molecule has 2 amide bonds. The summed E-state index contributed by atoms with van der Waals surface area (Å²) in [7, 11) is 0. The summed E-state index contributed by atoms with van der Waals surface area (Å²) in [5, 5.41) is 14.9. The van der Waals surface area contributed by atoms with Crippen molar-refractivity contribution < 1.29 is 9.59 Å². The van der Waals surface area contributed by atoms with Crippen LogP contribution in [0.4, 0.5) is 0 Å². The second kappa shape index (κ2) is 10.2. The van der Waals surface area contributed by atoms with E-state index in [9.17, 15) is 9.59 Å². The van der Waals surface area contributed by atoms with Gasteiger partial charge in [-0.05, 0) is 43.7 Å². The molecule has 1 saturated heterocycles. The fourth-order valence-electron chi connectivity index (χ4n) is 5.30. The number of likely N-dealkylation sites (tertiary alicyclic amines) is 1. The number of carbonyl (C=O) groups excluding carboxylic acids is 2. The second-order valence-electron chi connectivity index (χ2n) is 8.66. The molecule has 1 saturated carbocycles. The van der Waals surface area contributed by atoms with Gasteiger partial charge in [-0.25, -0.2) is 0 Å². The van der Waals surface area contributed by atoms with Gasteiger partial charge in [0.1, 0.15) is 5.82 Å². The summed E-state index contributed by atoms with van der Waals surface area (Å²) in [5.74, 6) is 1.86.